The van der Waals surface area contributed by atoms with Crippen LogP contribution in [0.25, 0.3) is 0 Å². The first-order valence-electron chi connectivity index (χ1n) is 11.0. The van der Waals surface area contributed by atoms with Crippen LogP contribution in [-0.4, -0.2) is 13.1 Å². The Bertz CT molecular complexity index is 361. The topological polar surface area (TPSA) is 26.3 Å². The Balaban J connectivity index is 2.14. The minimum Gasteiger partial charge on any atom is -0.469 e. The molecule has 1 fully saturated rings. The van der Waals surface area contributed by atoms with Gasteiger partial charge in [0.25, 0.3) is 0 Å². The van der Waals surface area contributed by atoms with E-state index >= 15 is 0 Å². The quantitative estimate of drug-likeness (QED) is 0.190. The second-order valence-corrected chi connectivity index (χ2v) is 7.90. The summed E-state index contributed by atoms with van der Waals surface area (Å²) in [5.41, 5.74) is 0. The average Bonchev–Trinajstić information content (AvgIpc) is 3.07. The fourth-order valence-corrected chi connectivity index (χ4v) is 4.27. The van der Waals surface area contributed by atoms with Gasteiger partial charge in [0, 0.05) is 0 Å². The van der Waals surface area contributed by atoms with Gasteiger partial charge in [-0.15, -0.1) is 0 Å². The summed E-state index contributed by atoms with van der Waals surface area (Å²) in [4.78, 5) is 11.6. The van der Waals surface area contributed by atoms with Gasteiger partial charge in [0.05, 0.1) is 13.0 Å². The van der Waals surface area contributed by atoms with Crippen LogP contribution in [0.15, 0.2) is 12.2 Å². The van der Waals surface area contributed by atoms with Crippen molar-refractivity contribution < 1.29 is 9.53 Å². The van der Waals surface area contributed by atoms with Gasteiger partial charge in [-0.05, 0) is 56.8 Å². The molecule has 3 atom stereocenters. The van der Waals surface area contributed by atoms with Crippen LogP contribution in [0.2, 0.25) is 0 Å². The largest absolute Gasteiger partial charge is 0.469 e. The van der Waals surface area contributed by atoms with E-state index in [0.29, 0.717) is 0 Å². The number of carbonyl (C=O) groups is 1. The highest BCUT2D eigenvalue weighted by Gasteiger charge is 2.24. The van der Waals surface area contributed by atoms with E-state index in [1.165, 1.54) is 77.7 Å². The molecule has 0 N–H and O–H groups in total. The Morgan fingerprint density at radius 1 is 1.08 bits per heavy atom. The van der Waals surface area contributed by atoms with Crippen molar-refractivity contribution >= 4 is 5.97 Å². The van der Waals surface area contributed by atoms with Gasteiger partial charge in [0.15, 0.2) is 0 Å². The summed E-state index contributed by atoms with van der Waals surface area (Å²) in [5, 5.41) is 0. The second-order valence-electron chi connectivity index (χ2n) is 7.90. The molecule has 146 valence electrons. The van der Waals surface area contributed by atoms with Crippen LogP contribution >= 0.6 is 0 Å². The Labute approximate surface area is 156 Å². The third-order valence-electron chi connectivity index (χ3n) is 5.98. The molecule has 0 saturated heterocycles. The Morgan fingerprint density at radius 3 is 2.60 bits per heavy atom. The van der Waals surface area contributed by atoms with E-state index in [1.54, 1.807) is 0 Å². The van der Waals surface area contributed by atoms with Crippen LogP contribution in [0, 0.1) is 17.8 Å². The smallest absolute Gasteiger partial charge is 0.308 e. The lowest BCUT2D eigenvalue weighted by Crippen LogP contribution is -2.15. The van der Waals surface area contributed by atoms with Gasteiger partial charge in [0.2, 0.25) is 0 Å². The molecule has 0 aromatic rings. The molecule has 1 aliphatic rings. The van der Waals surface area contributed by atoms with E-state index in [1.807, 2.05) is 0 Å². The summed E-state index contributed by atoms with van der Waals surface area (Å²) >= 11 is 0. The number of hydrogen-bond donors (Lipinski definition) is 0. The number of ether oxygens (including phenoxy) is 1. The van der Waals surface area contributed by atoms with E-state index in [9.17, 15) is 4.79 Å². The summed E-state index contributed by atoms with van der Waals surface area (Å²) in [6, 6.07) is 0. The van der Waals surface area contributed by atoms with Crippen LogP contribution in [0.4, 0.5) is 0 Å². The fourth-order valence-electron chi connectivity index (χ4n) is 4.27. The number of esters is 1. The zero-order valence-electron chi connectivity index (χ0n) is 17.1. The molecule has 0 aliphatic heterocycles. The molecule has 0 spiro atoms. The lowest BCUT2D eigenvalue weighted by molar-refractivity contribution is -0.145. The molecule has 2 heteroatoms. The monoisotopic (exact) mass is 350 g/mol. The van der Waals surface area contributed by atoms with Crippen LogP contribution < -0.4 is 0 Å². The molecular formula is C23H42O2. The number of rotatable bonds is 14. The van der Waals surface area contributed by atoms with Crippen LogP contribution in [0.5, 0.6) is 0 Å². The summed E-state index contributed by atoms with van der Waals surface area (Å²) in [7, 11) is 1.50. The maximum atomic E-state index is 11.6. The first kappa shape index (κ1) is 22.3. The van der Waals surface area contributed by atoms with Gasteiger partial charge in [0.1, 0.15) is 0 Å². The zero-order chi connectivity index (χ0) is 18.3. The third kappa shape index (κ3) is 9.47. The van der Waals surface area contributed by atoms with Gasteiger partial charge >= 0.3 is 5.97 Å². The number of carbonyl (C=O) groups excluding carboxylic acids is 1. The van der Waals surface area contributed by atoms with Crippen molar-refractivity contribution in [3.05, 3.63) is 12.2 Å². The first-order valence-corrected chi connectivity index (χ1v) is 11.0. The van der Waals surface area contributed by atoms with E-state index in [4.69, 9.17) is 4.74 Å². The Hall–Kier alpha value is -0.790. The average molecular weight is 351 g/mol. The minimum absolute atomic E-state index is 0.0255. The third-order valence-corrected chi connectivity index (χ3v) is 5.98. The molecule has 25 heavy (non-hydrogen) atoms. The maximum absolute atomic E-state index is 11.6. The highest BCUT2D eigenvalue weighted by Crippen LogP contribution is 2.36. The SMILES string of the molecule is CCCCCCC=C[C@H]1CCC[C@@H]1CCCCCC(CC)C(=O)OC. The van der Waals surface area contributed by atoms with Crippen molar-refractivity contribution in [3.8, 4) is 0 Å². The highest BCUT2D eigenvalue weighted by molar-refractivity contribution is 5.72. The molecule has 1 aliphatic carbocycles. The van der Waals surface area contributed by atoms with Crippen molar-refractivity contribution in [1.82, 2.24) is 0 Å². The maximum Gasteiger partial charge on any atom is 0.308 e. The van der Waals surface area contributed by atoms with Crippen LogP contribution in [0.1, 0.15) is 104 Å². The lowest BCUT2D eigenvalue weighted by atomic mass is 9.89. The molecule has 1 unspecified atom stereocenters. The molecule has 0 radical (unpaired) electrons. The molecule has 0 aromatic carbocycles. The number of methoxy groups -OCH3 is 1. The predicted octanol–water partition coefficient (Wildman–Crippen LogP) is 7.08. The summed E-state index contributed by atoms with van der Waals surface area (Å²) < 4.78 is 4.88. The van der Waals surface area contributed by atoms with Crippen molar-refractivity contribution in [2.75, 3.05) is 7.11 Å². The first-order chi connectivity index (χ1) is 12.2. The van der Waals surface area contributed by atoms with Gasteiger partial charge in [-0.25, -0.2) is 0 Å². The molecule has 0 aromatic heterocycles. The van der Waals surface area contributed by atoms with E-state index in [0.717, 1.165) is 31.1 Å². The van der Waals surface area contributed by atoms with E-state index in [-0.39, 0.29) is 11.9 Å². The standard InChI is InChI=1S/C23H42O2/c1-4-6-7-8-9-11-16-21-18-14-19-22(21)17-13-10-12-15-20(5-2)23(24)25-3/h11,16,20-22H,4-10,12-15,17-19H2,1-3H3/t20?,21-,22-/m0/s1. The lowest BCUT2D eigenvalue weighted by Gasteiger charge is -2.17. The normalized spacial score (nSPS) is 21.7. The molecule has 1 rings (SSSR count). The van der Waals surface area contributed by atoms with Gasteiger partial charge in [-0.3, -0.25) is 4.79 Å². The van der Waals surface area contributed by atoms with E-state index < -0.39 is 0 Å². The van der Waals surface area contributed by atoms with Crippen molar-refractivity contribution in [3.63, 3.8) is 0 Å². The molecule has 0 amide bonds. The fraction of sp³-hybridized carbons (Fsp3) is 0.870. The van der Waals surface area contributed by atoms with Gasteiger partial charge in [-0.2, -0.15) is 0 Å². The molecule has 0 bridgehead atoms. The molecule has 0 heterocycles. The number of unbranched alkanes of at least 4 members (excludes halogenated alkanes) is 6. The van der Waals surface area contributed by atoms with E-state index in [2.05, 4.69) is 26.0 Å². The molecule has 1 saturated carbocycles. The summed E-state index contributed by atoms with van der Waals surface area (Å²) in [6.45, 7) is 4.36. The Morgan fingerprint density at radius 2 is 1.88 bits per heavy atom. The number of hydrogen-bond acceptors (Lipinski definition) is 2. The predicted molar refractivity (Wildman–Crippen MR) is 108 cm³/mol. The zero-order valence-corrected chi connectivity index (χ0v) is 17.1. The van der Waals surface area contributed by atoms with Crippen molar-refractivity contribution in [2.24, 2.45) is 17.8 Å². The summed E-state index contributed by atoms with van der Waals surface area (Å²) in [5.74, 6) is 1.83. The van der Waals surface area contributed by atoms with Crippen molar-refractivity contribution in [2.45, 2.75) is 104 Å². The highest BCUT2D eigenvalue weighted by atomic mass is 16.5. The minimum atomic E-state index is -0.0255. The van der Waals surface area contributed by atoms with Crippen molar-refractivity contribution in [1.29, 1.82) is 0 Å². The van der Waals surface area contributed by atoms with Crippen LogP contribution in [0.3, 0.4) is 0 Å². The Kier molecular flexibility index (Phi) is 12.8. The molecule has 2 nitrogen and oxygen atoms in total. The molecular weight excluding hydrogens is 308 g/mol. The number of allylic oxidation sites excluding steroid dienone is 2. The second kappa shape index (κ2) is 14.4. The van der Waals surface area contributed by atoms with Gasteiger partial charge < -0.3 is 4.74 Å². The van der Waals surface area contributed by atoms with Gasteiger partial charge in [-0.1, -0.05) is 70.9 Å². The van der Waals surface area contributed by atoms with Crippen LogP contribution in [-0.2, 0) is 9.53 Å². The summed E-state index contributed by atoms with van der Waals surface area (Å²) in [6.07, 6.45) is 23.0.